The third-order valence-electron chi connectivity index (χ3n) is 2.62. The van der Waals surface area contributed by atoms with Crippen LogP contribution in [-0.4, -0.2) is 34.5 Å². The van der Waals surface area contributed by atoms with E-state index in [1.807, 2.05) is 26.8 Å². The number of nitrogens with two attached hydrogens (primary N) is 1. The van der Waals surface area contributed by atoms with Crippen molar-refractivity contribution >= 4 is 14.7 Å². The van der Waals surface area contributed by atoms with Gasteiger partial charge < -0.3 is 19.0 Å². The molecule has 0 rings (SSSR count). The molecule has 5 nitrogen and oxygen atoms in total. The zero-order valence-corrected chi connectivity index (χ0v) is 13.5. The number of amides is 1. The molecule has 0 fully saturated rings. The van der Waals surface area contributed by atoms with Crippen LogP contribution >= 0.6 is 0 Å². The van der Waals surface area contributed by atoms with Crippen LogP contribution in [0.15, 0.2) is 11.6 Å². The molecular formula is C13H27NO4Si. The fourth-order valence-corrected chi connectivity index (χ4v) is 4.38. The topological polar surface area (TPSA) is 70.8 Å². The smallest absolute Gasteiger partial charge is 0.374 e. The Bertz CT molecular complexity index is 277. The monoisotopic (exact) mass is 289 g/mol. The van der Waals surface area contributed by atoms with E-state index in [2.05, 4.69) is 0 Å². The van der Waals surface area contributed by atoms with Gasteiger partial charge in [0.05, 0.1) is 0 Å². The molecule has 2 N–H and O–H groups in total. The van der Waals surface area contributed by atoms with Gasteiger partial charge in [-0.2, -0.15) is 0 Å². The van der Waals surface area contributed by atoms with E-state index < -0.39 is 8.80 Å². The lowest BCUT2D eigenvalue weighted by Crippen LogP contribution is -2.45. The van der Waals surface area contributed by atoms with Gasteiger partial charge in [-0.05, 0) is 40.5 Å². The zero-order chi connectivity index (χ0) is 14.7. The van der Waals surface area contributed by atoms with Gasteiger partial charge in [0.15, 0.2) is 0 Å². The number of hydrogen-bond acceptors (Lipinski definition) is 4. The Balaban J connectivity index is 4.39. The molecule has 0 aromatic heterocycles. The van der Waals surface area contributed by atoms with Gasteiger partial charge in [0.1, 0.15) is 0 Å². The van der Waals surface area contributed by atoms with Crippen LogP contribution in [0.3, 0.4) is 0 Å². The van der Waals surface area contributed by atoms with E-state index in [9.17, 15) is 4.79 Å². The minimum Gasteiger partial charge on any atom is -0.374 e. The predicted octanol–water partition coefficient (Wildman–Crippen LogP) is 2.25. The molecule has 6 heteroatoms. The molecular weight excluding hydrogens is 262 g/mol. The fraction of sp³-hybridized carbons (Fsp3) is 0.769. The predicted molar refractivity (Wildman–Crippen MR) is 77.6 cm³/mol. The SMILES string of the molecule is CCO[Si](CCC/C=C(\C)C(N)=O)(OCC)OCC. The molecule has 0 aliphatic carbocycles. The molecule has 0 saturated carbocycles. The van der Waals surface area contributed by atoms with E-state index in [4.69, 9.17) is 19.0 Å². The Morgan fingerprint density at radius 2 is 1.58 bits per heavy atom. The van der Waals surface area contributed by atoms with Crippen molar-refractivity contribution < 1.29 is 18.1 Å². The highest BCUT2D eigenvalue weighted by molar-refractivity contribution is 6.60. The number of hydrogen-bond donors (Lipinski definition) is 1. The number of allylic oxidation sites excluding steroid dienone is 1. The highest BCUT2D eigenvalue weighted by Gasteiger charge is 2.39. The second-order valence-corrected chi connectivity index (χ2v) is 6.86. The van der Waals surface area contributed by atoms with Gasteiger partial charge >= 0.3 is 8.80 Å². The summed E-state index contributed by atoms with van der Waals surface area (Å²) in [7, 11) is -2.54. The number of rotatable bonds is 11. The molecule has 0 spiro atoms. The summed E-state index contributed by atoms with van der Waals surface area (Å²) in [5.74, 6) is -0.372. The van der Waals surface area contributed by atoms with Crippen molar-refractivity contribution in [3.05, 3.63) is 11.6 Å². The summed E-state index contributed by atoms with van der Waals surface area (Å²) in [4.78, 5) is 10.9. The second-order valence-electron chi connectivity index (χ2n) is 4.13. The van der Waals surface area contributed by atoms with Crippen molar-refractivity contribution in [1.82, 2.24) is 0 Å². The van der Waals surface area contributed by atoms with E-state index in [1.54, 1.807) is 6.92 Å². The molecule has 1 amide bonds. The van der Waals surface area contributed by atoms with E-state index in [-0.39, 0.29) is 5.91 Å². The number of primary amides is 1. The van der Waals surface area contributed by atoms with Crippen LogP contribution in [0.5, 0.6) is 0 Å². The lowest BCUT2D eigenvalue weighted by atomic mass is 10.2. The molecule has 0 aromatic carbocycles. The van der Waals surface area contributed by atoms with E-state index in [1.165, 1.54) is 0 Å². The van der Waals surface area contributed by atoms with Gasteiger partial charge in [-0.3, -0.25) is 4.79 Å². The summed E-state index contributed by atoms with van der Waals surface area (Å²) in [5, 5.41) is 0. The maximum absolute atomic E-state index is 10.9. The Morgan fingerprint density at radius 1 is 1.11 bits per heavy atom. The van der Waals surface area contributed by atoms with Crippen molar-refractivity contribution in [2.75, 3.05) is 19.8 Å². The van der Waals surface area contributed by atoms with Gasteiger partial charge in [-0.15, -0.1) is 0 Å². The van der Waals surface area contributed by atoms with Gasteiger partial charge in [0.2, 0.25) is 5.91 Å². The minimum absolute atomic E-state index is 0.372. The quantitative estimate of drug-likeness (QED) is 0.360. The first kappa shape index (κ1) is 18.3. The minimum atomic E-state index is -2.54. The molecule has 0 aliphatic heterocycles. The average Bonchev–Trinajstić information content (AvgIpc) is 2.35. The standard InChI is InChI=1S/C13H27NO4Si/c1-5-16-19(17-6-2,18-7-3)11-9-8-10-12(4)13(14)15/h10H,5-9,11H2,1-4H3,(H2,14,15)/b12-10+. The summed E-state index contributed by atoms with van der Waals surface area (Å²) in [6.07, 6.45) is 3.49. The molecule has 112 valence electrons. The molecule has 0 atom stereocenters. The van der Waals surface area contributed by atoms with Gasteiger partial charge in [-0.1, -0.05) is 6.08 Å². The Morgan fingerprint density at radius 3 is 1.95 bits per heavy atom. The van der Waals surface area contributed by atoms with Crippen LogP contribution in [0.2, 0.25) is 6.04 Å². The number of carbonyl (C=O) groups excluding carboxylic acids is 1. The molecule has 0 saturated heterocycles. The van der Waals surface area contributed by atoms with E-state index in [0.717, 1.165) is 18.9 Å². The van der Waals surface area contributed by atoms with Crippen LogP contribution in [0.4, 0.5) is 0 Å². The maximum atomic E-state index is 10.9. The molecule has 19 heavy (non-hydrogen) atoms. The first-order chi connectivity index (χ1) is 9.01. The molecule has 0 unspecified atom stereocenters. The molecule has 0 radical (unpaired) electrons. The van der Waals surface area contributed by atoms with Crippen LogP contribution in [0.1, 0.15) is 40.5 Å². The summed E-state index contributed by atoms with van der Waals surface area (Å²) in [6, 6.07) is 0.755. The van der Waals surface area contributed by atoms with Crippen LogP contribution < -0.4 is 5.73 Å². The highest BCUT2D eigenvalue weighted by Crippen LogP contribution is 2.19. The summed E-state index contributed by atoms with van der Waals surface area (Å²) >= 11 is 0. The third kappa shape index (κ3) is 7.46. The van der Waals surface area contributed by atoms with Crippen LogP contribution in [-0.2, 0) is 18.1 Å². The van der Waals surface area contributed by atoms with Crippen LogP contribution in [0, 0.1) is 0 Å². The van der Waals surface area contributed by atoms with Gasteiger partial charge in [0.25, 0.3) is 0 Å². The molecule has 0 aliphatic rings. The fourth-order valence-electron chi connectivity index (χ4n) is 1.74. The van der Waals surface area contributed by atoms with Crippen molar-refractivity contribution in [3.63, 3.8) is 0 Å². The van der Waals surface area contributed by atoms with Gasteiger partial charge in [0, 0.05) is 31.4 Å². The third-order valence-corrected chi connectivity index (χ3v) is 5.77. The highest BCUT2D eigenvalue weighted by atomic mass is 28.4. The van der Waals surface area contributed by atoms with Crippen molar-refractivity contribution in [3.8, 4) is 0 Å². The number of carbonyl (C=O) groups is 1. The maximum Gasteiger partial charge on any atom is 0.500 e. The lowest BCUT2D eigenvalue weighted by molar-refractivity contribution is -0.114. The largest absolute Gasteiger partial charge is 0.500 e. The Labute approximate surface area is 117 Å². The summed E-state index contributed by atoms with van der Waals surface area (Å²) in [6.45, 7) is 9.30. The normalized spacial score (nSPS) is 12.7. The molecule has 0 bridgehead atoms. The first-order valence-corrected chi connectivity index (χ1v) is 8.82. The summed E-state index contributed by atoms with van der Waals surface area (Å²) in [5.41, 5.74) is 5.77. The van der Waals surface area contributed by atoms with Crippen molar-refractivity contribution in [2.45, 2.75) is 46.6 Å². The summed E-state index contributed by atoms with van der Waals surface area (Å²) < 4.78 is 17.2. The average molecular weight is 289 g/mol. The van der Waals surface area contributed by atoms with Crippen molar-refractivity contribution in [2.24, 2.45) is 5.73 Å². The van der Waals surface area contributed by atoms with E-state index in [0.29, 0.717) is 25.4 Å². The second kappa shape index (κ2) is 10.1. The molecule has 0 heterocycles. The van der Waals surface area contributed by atoms with Crippen LogP contribution in [0.25, 0.3) is 0 Å². The first-order valence-electron chi connectivity index (χ1n) is 6.89. The Hall–Kier alpha value is -0.693. The molecule has 0 aromatic rings. The lowest BCUT2D eigenvalue weighted by Gasteiger charge is -2.28. The van der Waals surface area contributed by atoms with Crippen molar-refractivity contribution in [1.29, 1.82) is 0 Å². The van der Waals surface area contributed by atoms with E-state index >= 15 is 0 Å². The Kier molecular flexibility index (Phi) is 9.77. The van der Waals surface area contributed by atoms with Gasteiger partial charge in [-0.25, -0.2) is 0 Å². The zero-order valence-electron chi connectivity index (χ0n) is 12.5. The number of unbranched alkanes of at least 4 members (excludes halogenated alkanes) is 1.